The molecule has 3 N–H and O–H groups in total. The van der Waals surface area contributed by atoms with E-state index in [2.05, 4.69) is 16.0 Å². The van der Waals surface area contributed by atoms with E-state index in [0.717, 1.165) is 10.1 Å². The van der Waals surface area contributed by atoms with Crippen molar-refractivity contribution in [3.63, 3.8) is 0 Å². The Kier molecular flexibility index (Phi) is 7.74. The number of esters is 1. The Balaban J connectivity index is 1.37. The zero-order valence-corrected chi connectivity index (χ0v) is 18.0. The first-order chi connectivity index (χ1) is 15.3. The number of amides is 3. The number of ether oxygens (including phenoxy) is 1. The largest absolute Gasteiger partial charge is 0.454 e. The van der Waals surface area contributed by atoms with Crippen LogP contribution in [-0.4, -0.2) is 43.4 Å². The summed E-state index contributed by atoms with van der Waals surface area (Å²) in [5.41, 5.74) is 0.367. The van der Waals surface area contributed by atoms with Crippen LogP contribution in [0, 0.1) is 5.82 Å². The molecule has 0 saturated carbocycles. The molecule has 0 aliphatic carbocycles. The molecule has 0 spiro atoms. The molecular formula is C21H17ClFN3O5S. The van der Waals surface area contributed by atoms with Gasteiger partial charge in [-0.3, -0.25) is 19.2 Å². The normalized spacial score (nSPS) is 10.4. The minimum atomic E-state index is -0.832. The summed E-state index contributed by atoms with van der Waals surface area (Å²) in [5.74, 6) is -3.05. The molecule has 8 nitrogen and oxygen atoms in total. The summed E-state index contributed by atoms with van der Waals surface area (Å²) in [6.45, 7) is -1.45. The predicted octanol–water partition coefficient (Wildman–Crippen LogP) is 2.72. The zero-order valence-electron chi connectivity index (χ0n) is 16.4. The maximum Gasteiger partial charge on any atom is 0.325 e. The molecule has 0 radical (unpaired) electrons. The number of carbonyl (C=O) groups excluding carboxylic acids is 4. The number of halogens is 2. The number of anilines is 1. The van der Waals surface area contributed by atoms with Crippen LogP contribution in [0.25, 0.3) is 10.1 Å². The Labute approximate surface area is 190 Å². The number of carbonyl (C=O) groups is 4. The molecule has 3 rings (SSSR count). The lowest BCUT2D eigenvalue weighted by Crippen LogP contribution is -2.37. The predicted molar refractivity (Wildman–Crippen MR) is 118 cm³/mol. The number of hydrogen-bond acceptors (Lipinski definition) is 6. The standard InChI is InChI=1S/C21H17ClFN3O5S/c22-19-14-3-1-2-4-15(14)32-20(19)21(30)25-10-18(29)31-11-17(28)24-9-16(27)26-13-7-5-12(23)6-8-13/h1-8H,9-11H2,(H,24,28)(H,25,30)(H,26,27). The fraction of sp³-hybridized carbons (Fsp3) is 0.143. The van der Waals surface area contributed by atoms with E-state index in [1.807, 2.05) is 12.1 Å². The number of fused-ring (bicyclic) bond motifs is 1. The molecule has 0 aliphatic heterocycles. The maximum atomic E-state index is 12.8. The van der Waals surface area contributed by atoms with Crippen LogP contribution in [0.1, 0.15) is 9.67 Å². The van der Waals surface area contributed by atoms with Crippen molar-refractivity contribution < 1.29 is 28.3 Å². The fourth-order valence-corrected chi connectivity index (χ4v) is 3.99. The Hall–Kier alpha value is -3.50. The molecule has 3 aromatic rings. The first kappa shape index (κ1) is 23.2. The summed E-state index contributed by atoms with van der Waals surface area (Å²) in [7, 11) is 0. The molecule has 1 aromatic heterocycles. The van der Waals surface area contributed by atoms with Crippen LogP contribution >= 0.6 is 22.9 Å². The lowest BCUT2D eigenvalue weighted by molar-refractivity contribution is -0.147. The van der Waals surface area contributed by atoms with Crippen LogP contribution in [0.2, 0.25) is 5.02 Å². The fourth-order valence-electron chi connectivity index (χ4n) is 2.56. The van der Waals surface area contributed by atoms with Gasteiger partial charge in [0.1, 0.15) is 17.2 Å². The van der Waals surface area contributed by atoms with Crippen LogP contribution in [-0.2, 0) is 19.1 Å². The highest BCUT2D eigenvalue weighted by molar-refractivity contribution is 7.21. The Bertz CT molecular complexity index is 1170. The van der Waals surface area contributed by atoms with Gasteiger partial charge in [0.2, 0.25) is 5.91 Å². The second-order valence-corrected chi connectivity index (χ2v) is 7.85. The van der Waals surface area contributed by atoms with Gasteiger partial charge < -0.3 is 20.7 Å². The molecule has 11 heteroatoms. The minimum Gasteiger partial charge on any atom is -0.454 e. The summed E-state index contributed by atoms with van der Waals surface area (Å²) in [6, 6.07) is 12.4. The molecule has 32 heavy (non-hydrogen) atoms. The van der Waals surface area contributed by atoms with Crippen molar-refractivity contribution in [1.29, 1.82) is 0 Å². The van der Waals surface area contributed by atoms with Gasteiger partial charge in [-0.1, -0.05) is 29.8 Å². The monoisotopic (exact) mass is 477 g/mol. The van der Waals surface area contributed by atoms with Crippen LogP contribution in [0.4, 0.5) is 10.1 Å². The van der Waals surface area contributed by atoms with Crippen molar-refractivity contribution in [3.8, 4) is 0 Å². The number of benzene rings is 2. The van der Waals surface area contributed by atoms with E-state index in [-0.39, 0.29) is 11.4 Å². The summed E-state index contributed by atoms with van der Waals surface area (Å²) in [6.07, 6.45) is 0. The van der Waals surface area contributed by atoms with E-state index in [4.69, 9.17) is 16.3 Å². The van der Waals surface area contributed by atoms with Gasteiger partial charge in [-0.05, 0) is 30.3 Å². The third kappa shape index (κ3) is 6.25. The van der Waals surface area contributed by atoms with Gasteiger partial charge in [-0.25, -0.2) is 4.39 Å². The topological polar surface area (TPSA) is 114 Å². The molecule has 0 saturated heterocycles. The number of thiophene rings is 1. The maximum absolute atomic E-state index is 12.8. The average Bonchev–Trinajstić information content (AvgIpc) is 3.13. The van der Waals surface area contributed by atoms with E-state index >= 15 is 0 Å². The molecular weight excluding hydrogens is 461 g/mol. The second-order valence-electron chi connectivity index (χ2n) is 6.42. The molecule has 0 bridgehead atoms. The Morgan fingerprint density at radius 1 is 0.938 bits per heavy atom. The van der Waals surface area contributed by atoms with E-state index in [0.29, 0.717) is 10.7 Å². The van der Waals surface area contributed by atoms with E-state index in [1.54, 1.807) is 12.1 Å². The molecule has 3 amide bonds. The zero-order chi connectivity index (χ0) is 23.1. The summed E-state index contributed by atoms with van der Waals surface area (Å²) in [5, 5.41) is 8.18. The third-order valence-electron chi connectivity index (χ3n) is 4.07. The summed E-state index contributed by atoms with van der Waals surface area (Å²) >= 11 is 7.42. The highest BCUT2D eigenvalue weighted by Gasteiger charge is 2.18. The van der Waals surface area contributed by atoms with Gasteiger partial charge in [0.05, 0.1) is 11.6 Å². The van der Waals surface area contributed by atoms with Crippen molar-refractivity contribution in [2.24, 2.45) is 0 Å². The van der Waals surface area contributed by atoms with Crippen molar-refractivity contribution >= 4 is 62.4 Å². The first-order valence-corrected chi connectivity index (χ1v) is 10.5. The third-order valence-corrected chi connectivity index (χ3v) is 5.75. The highest BCUT2D eigenvalue weighted by atomic mass is 35.5. The van der Waals surface area contributed by atoms with E-state index < -0.39 is 42.7 Å². The van der Waals surface area contributed by atoms with Gasteiger partial charge in [0, 0.05) is 15.8 Å². The summed E-state index contributed by atoms with van der Waals surface area (Å²) in [4.78, 5) is 47.8. The SMILES string of the molecule is O=C(COC(=O)CNC(=O)c1sc2ccccc2c1Cl)NCC(=O)Nc1ccc(F)cc1. The Morgan fingerprint density at radius 3 is 2.38 bits per heavy atom. The number of nitrogens with one attached hydrogen (secondary N) is 3. The molecule has 0 atom stereocenters. The summed E-state index contributed by atoms with van der Waals surface area (Å²) < 4.78 is 18.4. The molecule has 2 aromatic carbocycles. The van der Waals surface area contributed by atoms with Crippen molar-refractivity contribution in [1.82, 2.24) is 10.6 Å². The average molecular weight is 478 g/mol. The lowest BCUT2D eigenvalue weighted by Gasteiger charge is -2.08. The lowest BCUT2D eigenvalue weighted by atomic mass is 10.2. The second kappa shape index (κ2) is 10.7. The van der Waals surface area contributed by atoms with Gasteiger partial charge in [-0.2, -0.15) is 0 Å². The molecule has 1 heterocycles. The van der Waals surface area contributed by atoms with E-state index in [1.165, 1.54) is 35.6 Å². The van der Waals surface area contributed by atoms with Crippen molar-refractivity contribution in [3.05, 3.63) is 64.2 Å². The van der Waals surface area contributed by atoms with Crippen LogP contribution in [0.15, 0.2) is 48.5 Å². The molecule has 0 unspecified atom stereocenters. The van der Waals surface area contributed by atoms with Crippen LogP contribution in [0.5, 0.6) is 0 Å². The number of hydrogen-bond donors (Lipinski definition) is 3. The van der Waals surface area contributed by atoms with Crippen molar-refractivity contribution in [2.45, 2.75) is 0 Å². The number of rotatable bonds is 8. The van der Waals surface area contributed by atoms with Gasteiger partial charge in [0.25, 0.3) is 11.8 Å². The van der Waals surface area contributed by atoms with Gasteiger partial charge in [0.15, 0.2) is 6.61 Å². The molecule has 166 valence electrons. The van der Waals surface area contributed by atoms with Crippen LogP contribution < -0.4 is 16.0 Å². The van der Waals surface area contributed by atoms with Gasteiger partial charge in [-0.15, -0.1) is 11.3 Å². The van der Waals surface area contributed by atoms with Gasteiger partial charge >= 0.3 is 5.97 Å². The van der Waals surface area contributed by atoms with Crippen LogP contribution in [0.3, 0.4) is 0 Å². The molecule has 0 aliphatic rings. The minimum absolute atomic E-state index is 0.269. The van der Waals surface area contributed by atoms with Crippen molar-refractivity contribution in [2.75, 3.05) is 25.0 Å². The first-order valence-electron chi connectivity index (χ1n) is 9.26. The highest BCUT2D eigenvalue weighted by Crippen LogP contribution is 2.34. The Morgan fingerprint density at radius 2 is 1.66 bits per heavy atom. The quantitative estimate of drug-likeness (QED) is 0.432. The van der Waals surface area contributed by atoms with E-state index in [9.17, 15) is 23.6 Å². The molecule has 0 fully saturated rings. The smallest absolute Gasteiger partial charge is 0.325 e.